The molecule has 0 saturated carbocycles. The molecule has 1 amide bonds. The first-order valence-corrected chi connectivity index (χ1v) is 6.38. The number of hydrogen-bond acceptors (Lipinski definition) is 3. The lowest BCUT2D eigenvalue weighted by molar-refractivity contribution is -0.124. The predicted molar refractivity (Wildman–Crippen MR) is 63.7 cm³/mol. The second-order valence-corrected chi connectivity index (χ2v) is 5.08. The first-order valence-electron chi connectivity index (χ1n) is 5.44. The molecule has 3 nitrogen and oxygen atoms in total. The number of Topliss-reactive ketones (excluding diaryl/α,β-unsaturated/α-hetero) is 1. The number of thiophene rings is 1. The molecule has 0 aromatic carbocycles. The van der Waals surface area contributed by atoms with Gasteiger partial charge in [0.25, 0.3) is 5.91 Å². The fourth-order valence-corrected chi connectivity index (χ4v) is 2.77. The van der Waals surface area contributed by atoms with E-state index in [1.54, 1.807) is 16.2 Å². The molecular formula is C12H15NO2S. The highest BCUT2D eigenvalue weighted by Gasteiger charge is 2.27. The zero-order chi connectivity index (χ0) is 11.7. The van der Waals surface area contributed by atoms with Gasteiger partial charge in [-0.2, -0.15) is 11.3 Å². The number of amides is 1. The summed E-state index contributed by atoms with van der Waals surface area (Å²) in [6.45, 7) is 4.97. The highest BCUT2D eigenvalue weighted by atomic mass is 32.1. The Morgan fingerprint density at radius 2 is 2.25 bits per heavy atom. The van der Waals surface area contributed by atoms with E-state index in [0.29, 0.717) is 19.5 Å². The number of aryl methyl sites for hydroxylation is 1. The monoisotopic (exact) mass is 237 g/mol. The Balaban J connectivity index is 2.12. The molecule has 0 N–H and O–H groups in total. The largest absolute Gasteiger partial charge is 0.337 e. The van der Waals surface area contributed by atoms with Crippen molar-refractivity contribution in [3.05, 3.63) is 21.9 Å². The summed E-state index contributed by atoms with van der Waals surface area (Å²) in [5.74, 6) is 0.320. The molecule has 1 unspecified atom stereocenters. The van der Waals surface area contributed by atoms with Crippen molar-refractivity contribution in [2.45, 2.75) is 20.3 Å². The van der Waals surface area contributed by atoms with Crippen LogP contribution in [0.15, 0.2) is 10.8 Å². The lowest BCUT2D eigenvalue weighted by atomic mass is 9.98. The molecule has 2 heterocycles. The summed E-state index contributed by atoms with van der Waals surface area (Å²) in [7, 11) is 0. The van der Waals surface area contributed by atoms with E-state index in [4.69, 9.17) is 0 Å². The molecule has 1 saturated heterocycles. The van der Waals surface area contributed by atoms with Gasteiger partial charge in [0.1, 0.15) is 5.78 Å². The Morgan fingerprint density at radius 3 is 2.81 bits per heavy atom. The van der Waals surface area contributed by atoms with E-state index < -0.39 is 0 Å². The summed E-state index contributed by atoms with van der Waals surface area (Å²) < 4.78 is 0. The van der Waals surface area contributed by atoms with Crippen LogP contribution in [0, 0.1) is 12.8 Å². The molecule has 1 atom stereocenters. The van der Waals surface area contributed by atoms with Crippen molar-refractivity contribution in [2.75, 3.05) is 13.1 Å². The predicted octanol–water partition coefficient (Wildman–Crippen LogP) is 2.11. The third kappa shape index (κ3) is 2.02. The lowest BCUT2D eigenvalue weighted by Gasteiger charge is -2.30. The molecule has 1 aromatic heterocycles. The average molecular weight is 237 g/mol. The van der Waals surface area contributed by atoms with Crippen molar-refractivity contribution in [3.8, 4) is 0 Å². The number of hydrogen-bond donors (Lipinski definition) is 0. The minimum Gasteiger partial charge on any atom is -0.337 e. The van der Waals surface area contributed by atoms with Crippen molar-refractivity contribution >= 4 is 23.0 Å². The van der Waals surface area contributed by atoms with E-state index in [0.717, 1.165) is 11.1 Å². The van der Waals surface area contributed by atoms with Crippen molar-refractivity contribution in [3.63, 3.8) is 0 Å². The Bertz CT molecular complexity index is 424. The normalized spacial score (nSPS) is 21.2. The molecule has 0 spiro atoms. The summed E-state index contributed by atoms with van der Waals surface area (Å²) in [5.41, 5.74) is 1.81. The number of carbonyl (C=O) groups excluding carboxylic acids is 2. The molecular weight excluding hydrogens is 222 g/mol. The van der Waals surface area contributed by atoms with Gasteiger partial charge >= 0.3 is 0 Å². The van der Waals surface area contributed by atoms with E-state index in [1.165, 1.54) is 0 Å². The summed E-state index contributed by atoms with van der Waals surface area (Å²) in [5, 5.41) is 3.87. The molecule has 16 heavy (non-hydrogen) atoms. The molecule has 1 aliphatic rings. The van der Waals surface area contributed by atoms with Gasteiger partial charge in [0.15, 0.2) is 0 Å². The molecule has 4 heteroatoms. The van der Waals surface area contributed by atoms with E-state index in [2.05, 4.69) is 0 Å². The van der Waals surface area contributed by atoms with Gasteiger partial charge in [-0.3, -0.25) is 9.59 Å². The van der Waals surface area contributed by atoms with Gasteiger partial charge in [-0.05, 0) is 17.9 Å². The van der Waals surface area contributed by atoms with Crippen LogP contribution in [0.4, 0.5) is 0 Å². The maximum Gasteiger partial charge on any atom is 0.254 e. The minimum atomic E-state index is -0.0170. The molecule has 86 valence electrons. The van der Waals surface area contributed by atoms with Crippen LogP contribution < -0.4 is 0 Å². The number of rotatable bonds is 1. The SMILES string of the molecule is Cc1cscc1C(=O)N1CCC(=O)C(C)C1. The van der Waals surface area contributed by atoms with Gasteiger partial charge in [-0.15, -0.1) is 0 Å². The Labute approximate surface area is 99.1 Å². The molecule has 1 fully saturated rings. The zero-order valence-electron chi connectivity index (χ0n) is 9.53. The molecule has 0 bridgehead atoms. The third-order valence-corrected chi connectivity index (χ3v) is 3.91. The molecule has 1 aliphatic heterocycles. The number of ketones is 1. The van der Waals surface area contributed by atoms with Gasteiger partial charge in [-0.25, -0.2) is 0 Å². The average Bonchev–Trinajstić information content (AvgIpc) is 2.67. The first kappa shape index (κ1) is 11.3. The van der Waals surface area contributed by atoms with Crippen LogP contribution in [0.2, 0.25) is 0 Å². The summed E-state index contributed by atoms with van der Waals surface area (Å²) in [4.78, 5) is 25.3. The van der Waals surface area contributed by atoms with Crippen molar-refractivity contribution in [2.24, 2.45) is 5.92 Å². The molecule has 0 radical (unpaired) electrons. The van der Waals surface area contributed by atoms with Crippen LogP contribution in [0.3, 0.4) is 0 Å². The van der Waals surface area contributed by atoms with Crippen LogP contribution in [0.5, 0.6) is 0 Å². The van der Waals surface area contributed by atoms with Gasteiger partial charge in [0, 0.05) is 30.8 Å². The van der Waals surface area contributed by atoms with Crippen LogP contribution in [0.25, 0.3) is 0 Å². The second-order valence-electron chi connectivity index (χ2n) is 4.34. The van der Waals surface area contributed by atoms with Crippen molar-refractivity contribution in [1.82, 2.24) is 4.90 Å². The number of carbonyl (C=O) groups is 2. The maximum absolute atomic E-state index is 12.2. The van der Waals surface area contributed by atoms with E-state index >= 15 is 0 Å². The zero-order valence-corrected chi connectivity index (χ0v) is 10.3. The van der Waals surface area contributed by atoms with E-state index in [-0.39, 0.29) is 17.6 Å². The van der Waals surface area contributed by atoms with Gasteiger partial charge in [0.2, 0.25) is 0 Å². The fourth-order valence-electron chi connectivity index (χ4n) is 1.95. The first-order chi connectivity index (χ1) is 7.59. The van der Waals surface area contributed by atoms with Gasteiger partial charge in [0.05, 0.1) is 5.56 Å². The fraction of sp³-hybridized carbons (Fsp3) is 0.500. The van der Waals surface area contributed by atoms with Gasteiger partial charge < -0.3 is 4.90 Å². The van der Waals surface area contributed by atoms with Crippen molar-refractivity contribution in [1.29, 1.82) is 0 Å². The van der Waals surface area contributed by atoms with Crippen LogP contribution >= 0.6 is 11.3 Å². The Morgan fingerprint density at radius 1 is 1.50 bits per heavy atom. The minimum absolute atomic E-state index is 0.0170. The summed E-state index contributed by atoms with van der Waals surface area (Å²) in [6, 6.07) is 0. The maximum atomic E-state index is 12.2. The van der Waals surface area contributed by atoms with Crippen molar-refractivity contribution < 1.29 is 9.59 Å². The number of likely N-dealkylation sites (tertiary alicyclic amines) is 1. The third-order valence-electron chi connectivity index (χ3n) is 3.05. The lowest BCUT2D eigenvalue weighted by Crippen LogP contribution is -2.43. The molecule has 2 rings (SSSR count). The number of nitrogens with zero attached hydrogens (tertiary/aromatic N) is 1. The standard InChI is InChI=1S/C12H15NO2S/c1-8-5-13(4-3-11(8)14)12(15)10-7-16-6-9(10)2/h6-8H,3-5H2,1-2H3. The van der Waals surface area contributed by atoms with Crippen LogP contribution in [-0.4, -0.2) is 29.7 Å². The van der Waals surface area contributed by atoms with Crippen LogP contribution in [0.1, 0.15) is 29.3 Å². The topological polar surface area (TPSA) is 37.4 Å². The smallest absolute Gasteiger partial charge is 0.254 e. The molecule has 1 aromatic rings. The quantitative estimate of drug-likeness (QED) is 0.750. The Kier molecular flexibility index (Phi) is 3.10. The van der Waals surface area contributed by atoms with E-state index in [1.807, 2.05) is 24.6 Å². The number of piperidine rings is 1. The summed E-state index contributed by atoms with van der Waals surface area (Å²) >= 11 is 1.55. The highest BCUT2D eigenvalue weighted by Crippen LogP contribution is 2.19. The Hall–Kier alpha value is -1.16. The van der Waals surface area contributed by atoms with Crippen LogP contribution in [-0.2, 0) is 4.79 Å². The highest BCUT2D eigenvalue weighted by molar-refractivity contribution is 7.08. The summed E-state index contributed by atoms with van der Waals surface area (Å²) in [6.07, 6.45) is 0.496. The molecule has 0 aliphatic carbocycles. The van der Waals surface area contributed by atoms with Gasteiger partial charge in [-0.1, -0.05) is 6.92 Å². The second kappa shape index (κ2) is 4.37. The van der Waals surface area contributed by atoms with E-state index in [9.17, 15) is 9.59 Å².